The van der Waals surface area contributed by atoms with Gasteiger partial charge < -0.3 is 4.74 Å². The zero-order valence-electron chi connectivity index (χ0n) is 12.9. The van der Waals surface area contributed by atoms with Crippen LogP contribution in [0.2, 0.25) is 0 Å². The Morgan fingerprint density at radius 1 is 1.20 bits per heavy atom. The van der Waals surface area contributed by atoms with E-state index in [4.69, 9.17) is 4.74 Å². The van der Waals surface area contributed by atoms with Crippen LogP contribution in [0.25, 0.3) is 0 Å². The Balaban J connectivity index is 3.27. The lowest BCUT2D eigenvalue weighted by Gasteiger charge is -2.17. The predicted octanol–water partition coefficient (Wildman–Crippen LogP) is 3.29. The summed E-state index contributed by atoms with van der Waals surface area (Å²) in [7, 11) is -3.56. The number of rotatable bonds is 7. The van der Waals surface area contributed by atoms with Crippen molar-refractivity contribution in [1.29, 1.82) is 0 Å². The molecule has 0 aliphatic heterocycles. The molecule has 0 aliphatic carbocycles. The molecule has 0 heterocycles. The highest BCUT2D eigenvalue weighted by Gasteiger charge is 2.22. The molecule has 0 unspecified atom stereocenters. The molecule has 0 spiro atoms. The van der Waals surface area contributed by atoms with Gasteiger partial charge in [-0.15, -0.1) is 0 Å². The lowest BCUT2D eigenvalue weighted by Crippen LogP contribution is -2.32. The van der Waals surface area contributed by atoms with E-state index in [9.17, 15) is 8.42 Å². The third-order valence-corrected chi connectivity index (χ3v) is 4.80. The molecule has 0 aliphatic rings. The first-order chi connectivity index (χ1) is 9.31. The maximum Gasteiger partial charge on any atom is 0.244 e. The second kappa shape index (κ2) is 7.09. The number of sulfonamides is 1. The number of ether oxygens (including phenoxy) is 1. The van der Waals surface area contributed by atoms with Gasteiger partial charge in [-0.3, -0.25) is 0 Å². The molecule has 0 saturated heterocycles. The largest absolute Gasteiger partial charge is 0.492 e. The van der Waals surface area contributed by atoms with Gasteiger partial charge in [0, 0.05) is 6.04 Å². The van der Waals surface area contributed by atoms with Crippen LogP contribution in [0, 0.1) is 0 Å². The smallest absolute Gasteiger partial charge is 0.244 e. The summed E-state index contributed by atoms with van der Waals surface area (Å²) in [5, 5.41) is 0. The molecule has 1 N–H and O–H groups in total. The molecule has 1 rings (SSSR count). The molecular formula is C15H25NO3S. The van der Waals surface area contributed by atoms with Crippen molar-refractivity contribution in [3.63, 3.8) is 0 Å². The molecule has 0 aromatic heterocycles. The highest BCUT2D eigenvalue weighted by atomic mass is 32.2. The summed E-state index contributed by atoms with van der Waals surface area (Å²) in [4.78, 5) is 0.228. The number of nitrogens with one attached hydrogen (secondary N) is 1. The minimum absolute atomic E-state index is 0.0998. The van der Waals surface area contributed by atoms with Gasteiger partial charge in [0.2, 0.25) is 10.0 Å². The van der Waals surface area contributed by atoms with E-state index in [1.54, 1.807) is 12.1 Å². The van der Waals surface area contributed by atoms with E-state index >= 15 is 0 Å². The van der Waals surface area contributed by atoms with Gasteiger partial charge in [0.15, 0.2) is 0 Å². The van der Waals surface area contributed by atoms with Gasteiger partial charge in [0.05, 0.1) is 6.61 Å². The van der Waals surface area contributed by atoms with E-state index in [-0.39, 0.29) is 16.9 Å². The zero-order valence-corrected chi connectivity index (χ0v) is 13.8. The van der Waals surface area contributed by atoms with Gasteiger partial charge in [-0.1, -0.05) is 26.8 Å². The van der Waals surface area contributed by atoms with Crippen LogP contribution in [0.1, 0.15) is 52.5 Å². The van der Waals surface area contributed by atoms with Crippen molar-refractivity contribution in [2.75, 3.05) is 6.61 Å². The fourth-order valence-corrected chi connectivity index (χ4v) is 3.29. The van der Waals surface area contributed by atoms with Crippen molar-refractivity contribution < 1.29 is 13.2 Å². The highest BCUT2D eigenvalue weighted by Crippen LogP contribution is 2.28. The molecule has 1 aromatic rings. The summed E-state index contributed by atoms with van der Waals surface area (Å²) in [5.74, 6) is 0.677. The minimum Gasteiger partial charge on any atom is -0.492 e. The average Bonchev–Trinajstić information content (AvgIpc) is 2.38. The Labute approximate surface area is 122 Å². The summed E-state index contributed by atoms with van der Waals surface area (Å²) < 4.78 is 33.1. The lowest BCUT2D eigenvalue weighted by atomic mass is 10.0. The van der Waals surface area contributed by atoms with E-state index in [1.165, 1.54) is 0 Å². The topological polar surface area (TPSA) is 55.4 Å². The van der Waals surface area contributed by atoms with Gasteiger partial charge in [0.25, 0.3) is 0 Å². The lowest BCUT2D eigenvalue weighted by molar-refractivity contribution is 0.330. The maximum absolute atomic E-state index is 12.5. The van der Waals surface area contributed by atoms with Gasteiger partial charge in [-0.2, -0.15) is 0 Å². The number of hydrogen-bond acceptors (Lipinski definition) is 3. The van der Waals surface area contributed by atoms with Crippen molar-refractivity contribution in [2.24, 2.45) is 0 Å². The molecule has 0 radical (unpaired) electrons. The normalized spacial score (nSPS) is 13.5. The van der Waals surface area contributed by atoms with Crippen molar-refractivity contribution in [1.82, 2.24) is 4.72 Å². The Kier molecular flexibility index (Phi) is 6.02. The van der Waals surface area contributed by atoms with Crippen LogP contribution in [0.4, 0.5) is 0 Å². The van der Waals surface area contributed by atoms with Crippen LogP contribution in [0.15, 0.2) is 23.1 Å². The van der Waals surface area contributed by atoms with Crippen LogP contribution >= 0.6 is 0 Å². The Bertz CT molecular complexity index is 538. The van der Waals surface area contributed by atoms with Crippen molar-refractivity contribution in [3.05, 3.63) is 23.8 Å². The summed E-state index contributed by atoms with van der Waals surface area (Å²) in [6, 6.07) is 5.26. The fourth-order valence-electron chi connectivity index (χ4n) is 1.78. The Hall–Kier alpha value is -1.07. The van der Waals surface area contributed by atoms with E-state index in [2.05, 4.69) is 4.72 Å². The molecule has 20 heavy (non-hydrogen) atoms. The molecule has 114 valence electrons. The average molecular weight is 299 g/mol. The maximum atomic E-state index is 12.5. The summed E-state index contributed by atoms with van der Waals surface area (Å²) >= 11 is 0. The van der Waals surface area contributed by atoms with Crippen LogP contribution in [-0.2, 0) is 10.0 Å². The van der Waals surface area contributed by atoms with Crippen molar-refractivity contribution >= 4 is 10.0 Å². The second-order valence-corrected chi connectivity index (χ2v) is 6.91. The quantitative estimate of drug-likeness (QED) is 0.840. The van der Waals surface area contributed by atoms with E-state index in [0.717, 1.165) is 12.0 Å². The monoisotopic (exact) mass is 299 g/mol. The minimum atomic E-state index is -3.56. The first-order valence-electron chi connectivity index (χ1n) is 7.10. The van der Waals surface area contributed by atoms with Gasteiger partial charge in [-0.05, 0) is 43.9 Å². The standard InChI is InChI=1S/C15H25NO3S/c1-6-12(5)16-20(17,18)15-10-13(11(3)4)8-9-14(15)19-7-2/h8-12,16H,6-7H2,1-5H3/t12-/m1/s1. The van der Waals surface area contributed by atoms with E-state index in [1.807, 2.05) is 40.7 Å². The van der Waals surface area contributed by atoms with Gasteiger partial charge in [0.1, 0.15) is 10.6 Å². The highest BCUT2D eigenvalue weighted by molar-refractivity contribution is 7.89. The molecule has 0 amide bonds. The molecule has 0 bridgehead atoms. The number of hydrogen-bond donors (Lipinski definition) is 1. The first kappa shape index (κ1) is 17.0. The molecule has 0 fully saturated rings. The van der Waals surface area contributed by atoms with Crippen molar-refractivity contribution in [2.45, 2.75) is 57.9 Å². The molecule has 1 atom stereocenters. The molecular weight excluding hydrogens is 274 g/mol. The van der Waals surface area contributed by atoms with Crippen LogP contribution < -0.4 is 9.46 Å². The molecule has 0 saturated carbocycles. The van der Waals surface area contributed by atoms with E-state index in [0.29, 0.717) is 12.4 Å². The Morgan fingerprint density at radius 3 is 2.35 bits per heavy atom. The third-order valence-electron chi connectivity index (χ3n) is 3.19. The predicted molar refractivity (Wildman–Crippen MR) is 81.8 cm³/mol. The SMILES string of the molecule is CCOc1ccc(C(C)C)cc1S(=O)(=O)N[C@H](C)CC. The second-order valence-electron chi connectivity index (χ2n) is 5.22. The summed E-state index contributed by atoms with van der Waals surface area (Å²) in [5.41, 5.74) is 0.984. The number of benzene rings is 1. The van der Waals surface area contributed by atoms with Crippen LogP contribution in [-0.4, -0.2) is 21.1 Å². The zero-order chi connectivity index (χ0) is 15.3. The summed E-state index contributed by atoms with van der Waals surface area (Å²) in [6.07, 6.45) is 0.743. The molecule has 5 heteroatoms. The van der Waals surface area contributed by atoms with Crippen molar-refractivity contribution in [3.8, 4) is 5.75 Å². The molecule has 4 nitrogen and oxygen atoms in total. The van der Waals surface area contributed by atoms with E-state index < -0.39 is 10.0 Å². The van der Waals surface area contributed by atoms with Crippen LogP contribution in [0.5, 0.6) is 5.75 Å². The molecule has 1 aromatic carbocycles. The van der Waals surface area contributed by atoms with Crippen LogP contribution in [0.3, 0.4) is 0 Å². The Morgan fingerprint density at radius 2 is 1.85 bits per heavy atom. The first-order valence-corrected chi connectivity index (χ1v) is 8.59. The van der Waals surface area contributed by atoms with Gasteiger partial charge in [-0.25, -0.2) is 13.1 Å². The van der Waals surface area contributed by atoms with Gasteiger partial charge >= 0.3 is 0 Å². The fraction of sp³-hybridized carbons (Fsp3) is 0.600. The third kappa shape index (κ3) is 4.21. The summed E-state index contributed by atoms with van der Waals surface area (Å²) in [6.45, 7) is 10.1.